The minimum atomic E-state index is -0.846. The largest absolute Gasteiger partial charge is 0.465 e. The Morgan fingerprint density at radius 3 is 2.39 bits per heavy atom. The van der Waals surface area contributed by atoms with E-state index in [2.05, 4.69) is 4.74 Å². The minimum absolute atomic E-state index is 0.0136. The van der Waals surface area contributed by atoms with Crippen LogP contribution in [0.2, 0.25) is 0 Å². The second kappa shape index (κ2) is 7.17. The van der Waals surface area contributed by atoms with Crippen LogP contribution >= 0.6 is 0 Å². The molecule has 23 heavy (non-hydrogen) atoms. The van der Waals surface area contributed by atoms with Crippen molar-refractivity contribution in [2.75, 3.05) is 7.11 Å². The zero-order valence-corrected chi connectivity index (χ0v) is 12.2. The number of nitro benzene ring substituents is 1. The molecule has 0 saturated heterocycles. The van der Waals surface area contributed by atoms with Gasteiger partial charge < -0.3 is 9.47 Å². The van der Waals surface area contributed by atoms with E-state index in [0.717, 1.165) is 18.7 Å². The standard InChI is InChI=1S/C16H13NO6/c1-22-16(19)13-8-7-12(9-14(13)17(20)21)15(18)23-10-11-5-3-2-4-6-11/h2-9H,10H2,1H3. The van der Waals surface area contributed by atoms with Crippen LogP contribution in [0.4, 0.5) is 5.69 Å². The number of nitrogens with zero attached hydrogens (tertiary/aromatic N) is 1. The summed E-state index contributed by atoms with van der Waals surface area (Å²) < 4.78 is 9.57. The lowest BCUT2D eigenvalue weighted by Crippen LogP contribution is -2.09. The Morgan fingerprint density at radius 2 is 1.78 bits per heavy atom. The van der Waals surface area contributed by atoms with E-state index in [4.69, 9.17) is 4.74 Å². The Morgan fingerprint density at radius 1 is 1.09 bits per heavy atom. The van der Waals surface area contributed by atoms with Gasteiger partial charge in [0.15, 0.2) is 0 Å². The molecule has 0 N–H and O–H groups in total. The molecular weight excluding hydrogens is 302 g/mol. The van der Waals surface area contributed by atoms with Gasteiger partial charge in [0, 0.05) is 6.07 Å². The van der Waals surface area contributed by atoms with Crippen LogP contribution in [0.3, 0.4) is 0 Å². The number of hydrogen-bond acceptors (Lipinski definition) is 6. The number of benzene rings is 2. The van der Waals surface area contributed by atoms with E-state index in [1.165, 1.54) is 12.1 Å². The first-order chi connectivity index (χ1) is 11.0. The minimum Gasteiger partial charge on any atom is -0.465 e. The highest BCUT2D eigenvalue weighted by molar-refractivity contribution is 5.97. The molecule has 2 aromatic rings. The molecular formula is C16H13NO6. The Bertz CT molecular complexity index is 741. The van der Waals surface area contributed by atoms with Gasteiger partial charge in [0.25, 0.3) is 5.69 Å². The third-order valence-electron chi connectivity index (χ3n) is 3.05. The van der Waals surface area contributed by atoms with Crippen LogP contribution < -0.4 is 0 Å². The first-order valence-corrected chi connectivity index (χ1v) is 6.60. The summed E-state index contributed by atoms with van der Waals surface area (Å²) in [5.41, 5.74) is 0.0462. The van der Waals surface area contributed by atoms with E-state index < -0.39 is 22.5 Å². The van der Waals surface area contributed by atoms with Crippen LogP contribution in [0.15, 0.2) is 48.5 Å². The Balaban J connectivity index is 2.19. The molecule has 0 saturated carbocycles. The molecule has 0 heterocycles. The molecule has 2 rings (SSSR count). The van der Waals surface area contributed by atoms with Gasteiger partial charge in [-0.25, -0.2) is 9.59 Å². The summed E-state index contributed by atoms with van der Waals surface area (Å²) in [7, 11) is 1.12. The molecule has 7 heteroatoms. The molecule has 0 aliphatic rings. The number of rotatable bonds is 5. The van der Waals surface area contributed by atoms with Gasteiger partial charge in [0.1, 0.15) is 12.2 Å². The van der Waals surface area contributed by atoms with Gasteiger partial charge in [0.2, 0.25) is 0 Å². The zero-order valence-electron chi connectivity index (χ0n) is 12.2. The fraction of sp³-hybridized carbons (Fsp3) is 0.125. The summed E-state index contributed by atoms with van der Waals surface area (Å²) in [5.74, 6) is -1.56. The molecule has 0 unspecified atom stereocenters. The van der Waals surface area contributed by atoms with Crippen LogP contribution in [-0.2, 0) is 16.1 Å². The normalized spacial score (nSPS) is 9.96. The highest BCUT2D eigenvalue weighted by Crippen LogP contribution is 2.22. The highest BCUT2D eigenvalue weighted by Gasteiger charge is 2.23. The van der Waals surface area contributed by atoms with E-state index in [1.54, 1.807) is 24.3 Å². The Labute approximate surface area is 131 Å². The quantitative estimate of drug-likeness (QED) is 0.478. The summed E-state index contributed by atoms with van der Waals surface area (Å²) in [6.07, 6.45) is 0. The average Bonchev–Trinajstić information content (AvgIpc) is 2.59. The van der Waals surface area contributed by atoms with Crippen LogP contribution in [-0.4, -0.2) is 24.0 Å². The molecule has 0 amide bonds. The maximum atomic E-state index is 12.0. The van der Waals surface area contributed by atoms with Crippen LogP contribution in [0.1, 0.15) is 26.3 Å². The van der Waals surface area contributed by atoms with E-state index in [9.17, 15) is 19.7 Å². The van der Waals surface area contributed by atoms with Crippen molar-refractivity contribution in [1.29, 1.82) is 0 Å². The number of carbonyl (C=O) groups is 2. The molecule has 0 fully saturated rings. The van der Waals surface area contributed by atoms with Gasteiger partial charge in [-0.1, -0.05) is 30.3 Å². The lowest BCUT2D eigenvalue weighted by atomic mass is 10.1. The predicted molar refractivity (Wildman–Crippen MR) is 80.0 cm³/mol. The van der Waals surface area contributed by atoms with Gasteiger partial charge in [0.05, 0.1) is 17.6 Å². The summed E-state index contributed by atoms with van der Waals surface area (Å²) >= 11 is 0. The molecule has 7 nitrogen and oxygen atoms in total. The summed E-state index contributed by atoms with van der Waals surface area (Å²) in [6, 6.07) is 12.5. The van der Waals surface area contributed by atoms with Crippen LogP contribution in [0.5, 0.6) is 0 Å². The maximum absolute atomic E-state index is 12.0. The monoisotopic (exact) mass is 315 g/mol. The van der Waals surface area contributed by atoms with Crippen molar-refractivity contribution in [3.8, 4) is 0 Å². The molecule has 118 valence electrons. The number of esters is 2. The lowest BCUT2D eigenvalue weighted by molar-refractivity contribution is -0.385. The second-order valence-corrected chi connectivity index (χ2v) is 4.54. The number of carbonyl (C=O) groups excluding carboxylic acids is 2. The number of hydrogen-bond donors (Lipinski definition) is 0. The van der Waals surface area contributed by atoms with Crippen molar-refractivity contribution in [3.05, 3.63) is 75.3 Å². The predicted octanol–water partition coefficient (Wildman–Crippen LogP) is 2.74. The van der Waals surface area contributed by atoms with E-state index >= 15 is 0 Å². The van der Waals surface area contributed by atoms with Crippen molar-refractivity contribution in [2.24, 2.45) is 0 Å². The van der Waals surface area contributed by atoms with Crippen LogP contribution in [0, 0.1) is 10.1 Å². The summed E-state index contributed by atoms with van der Waals surface area (Å²) in [6.45, 7) is 0.0478. The third-order valence-corrected chi connectivity index (χ3v) is 3.05. The molecule has 2 aromatic carbocycles. The van der Waals surface area contributed by atoms with Crippen molar-refractivity contribution in [3.63, 3.8) is 0 Å². The van der Waals surface area contributed by atoms with E-state index in [-0.39, 0.29) is 17.7 Å². The Kier molecular flexibility index (Phi) is 5.03. The van der Waals surface area contributed by atoms with Crippen molar-refractivity contribution in [2.45, 2.75) is 6.61 Å². The van der Waals surface area contributed by atoms with Crippen molar-refractivity contribution in [1.82, 2.24) is 0 Å². The highest BCUT2D eigenvalue weighted by atomic mass is 16.6. The summed E-state index contributed by atoms with van der Waals surface area (Å²) in [4.78, 5) is 33.8. The molecule has 0 atom stereocenters. The maximum Gasteiger partial charge on any atom is 0.344 e. The first kappa shape index (κ1) is 16.2. The second-order valence-electron chi connectivity index (χ2n) is 4.54. The number of methoxy groups -OCH3 is 1. The number of ether oxygens (including phenoxy) is 2. The van der Waals surface area contributed by atoms with E-state index in [1.807, 2.05) is 6.07 Å². The molecule has 0 bridgehead atoms. The van der Waals surface area contributed by atoms with Crippen molar-refractivity contribution < 1.29 is 24.0 Å². The number of nitro groups is 1. The molecule has 0 aliphatic carbocycles. The van der Waals surface area contributed by atoms with Crippen molar-refractivity contribution >= 4 is 17.6 Å². The van der Waals surface area contributed by atoms with E-state index in [0.29, 0.717) is 0 Å². The van der Waals surface area contributed by atoms with Gasteiger partial charge in [-0.3, -0.25) is 10.1 Å². The fourth-order valence-electron chi connectivity index (χ4n) is 1.90. The third kappa shape index (κ3) is 3.91. The average molecular weight is 315 g/mol. The molecule has 0 radical (unpaired) electrons. The first-order valence-electron chi connectivity index (χ1n) is 6.60. The lowest BCUT2D eigenvalue weighted by Gasteiger charge is -2.06. The molecule has 0 aliphatic heterocycles. The molecule has 0 spiro atoms. The van der Waals surface area contributed by atoms with Crippen LogP contribution in [0.25, 0.3) is 0 Å². The smallest absolute Gasteiger partial charge is 0.344 e. The van der Waals surface area contributed by atoms with Gasteiger partial charge in [-0.05, 0) is 17.7 Å². The SMILES string of the molecule is COC(=O)c1ccc(C(=O)OCc2ccccc2)cc1[N+](=O)[O-]. The molecule has 0 aromatic heterocycles. The Hall–Kier alpha value is -3.22. The topological polar surface area (TPSA) is 95.7 Å². The van der Waals surface area contributed by atoms with Gasteiger partial charge >= 0.3 is 11.9 Å². The zero-order chi connectivity index (χ0) is 16.8. The summed E-state index contributed by atoms with van der Waals surface area (Å²) in [5, 5.41) is 11.0. The fourth-order valence-corrected chi connectivity index (χ4v) is 1.90. The van der Waals surface area contributed by atoms with Gasteiger partial charge in [-0.2, -0.15) is 0 Å². The van der Waals surface area contributed by atoms with Gasteiger partial charge in [-0.15, -0.1) is 0 Å².